The van der Waals surface area contributed by atoms with Crippen LogP contribution in [0.3, 0.4) is 0 Å². The SMILES string of the molecule is CCOc1ccccc1C(=O)N1CC2(CN(Cc3ccccc3)CC2c2nncn2C)C1. The van der Waals surface area contributed by atoms with Gasteiger partial charge in [0.1, 0.15) is 17.9 Å². The zero-order chi connectivity index (χ0) is 22.1. The highest BCUT2D eigenvalue weighted by molar-refractivity contribution is 5.97. The van der Waals surface area contributed by atoms with E-state index in [1.54, 1.807) is 6.33 Å². The number of hydrogen-bond donors (Lipinski definition) is 0. The van der Waals surface area contributed by atoms with Crippen LogP contribution in [0, 0.1) is 5.41 Å². The maximum absolute atomic E-state index is 13.3. The third kappa shape index (κ3) is 3.66. The van der Waals surface area contributed by atoms with Crippen LogP contribution >= 0.6 is 0 Å². The van der Waals surface area contributed by atoms with Crippen molar-refractivity contribution in [1.82, 2.24) is 24.6 Å². The molecule has 1 atom stereocenters. The van der Waals surface area contributed by atoms with Gasteiger partial charge in [0.2, 0.25) is 0 Å². The number of para-hydroxylation sites is 1. The van der Waals surface area contributed by atoms with E-state index in [1.807, 2.05) is 53.8 Å². The molecule has 2 saturated heterocycles. The monoisotopic (exact) mass is 431 g/mol. The second kappa shape index (κ2) is 8.39. The maximum Gasteiger partial charge on any atom is 0.257 e. The Morgan fingerprint density at radius 1 is 1.09 bits per heavy atom. The molecule has 166 valence electrons. The number of likely N-dealkylation sites (tertiary alicyclic amines) is 2. The van der Waals surface area contributed by atoms with Crippen molar-refractivity contribution in [2.45, 2.75) is 19.4 Å². The van der Waals surface area contributed by atoms with Crippen LogP contribution in [0.15, 0.2) is 60.9 Å². The van der Waals surface area contributed by atoms with E-state index in [0.29, 0.717) is 17.9 Å². The molecule has 1 aromatic heterocycles. The van der Waals surface area contributed by atoms with E-state index >= 15 is 0 Å². The number of nitrogens with zero attached hydrogens (tertiary/aromatic N) is 5. The van der Waals surface area contributed by atoms with Crippen LogP contribution in [-0.4, -0.2) is 63.3 Å². The van der Waals surface area contributed by atoms with Crippen LogP contribution in [-0.2, 0) is 13.6 Å². The third-order valence-electron chi connectivity index (χ3n) is 6.74. The molecule has 2 aliphatic heterocycles. The second-order valence-corrected chi connectivity index (χ2v) is 8.96. The van der Waals surface area contributed by atoms with Gasteiger partial charge in [-0.25, -0.2) is 0 Å². The van der Waals surface area contributed by atoms with Gasteiger partial charge in [-0.05, 0) is 24.6 Å². The molecular formula is C25H29N5O2. The summed E-state index contributed by atoms with van der Waals surface area (Å²) >= 11 is 0. The number of rotatable bonds is 6. The molecule has 0 bridgehead atoms. The molecule has 2 aliphatic rings. The van der Waals surface area contributed by atoms with E-state index in [9.17, 15) is 4.79 Å². The highest BCUT2D eigenvalue weighted by atomic mass is 16.5. The van der Waals surface area contributed by atoms with Crippen molar-refractivity contribution >= 4 is 5.91 Å². The smallest absolute Gasteiger partial charge is 0.257 e. The fraction of sp³-hybridized carbons (Fsp3) is 0.400. The summed E-state index contributed by atoms with van der Waals surface area (Å²) < 4.78 is 7.72. The Balaban J connectivity index is 1.36. The average Bonchev–Trinajstić information content (AvgIpc) is 3.37. The summed E-state index contributed by atoms with van der Waals surface area (Å²) in [6.07, 6.45) is 1.77. The summed E-state index contributed by atoms with van der Waals surface area (Å²) in [7, 11) is 2.00. The van der Waals surface area contributed by atoms with E-state index in [-0.39, 0.29) is 17.2 Å². The average molecular weight is 432 g/mol. The summed E-state index contributed by atoms with van der Waals surface area (Å²) in [5.74, 6) is 1.94. The van der Waals surface area contributed by atoms with Gasteiger partial charge in [0.25, 0.3) is 5.91 Å². The van der Waals surface area contributed by atoms with Crippen molar-refractivity contribution in [3.8, 4) is 5.75 Å². The first kappa shape index (κ1) is 20.7. The van der Waals surface area contributed by atoms with Crippen molar-refractivity contribution < 1.29 is 9.53 Å². The molecule has 1 spiro atoms. The third-order valence-corrected chi connectivity index (χ3v) is 6.74. The number of amides is 1. The largest absolute Gasteiger partial charge is 0.493 e. The van der Waals surface area contributed by atoms with E-state index in [0.717, 1.165) is 38.5 Å². The molecule has 0 N–H and O–H groups in total. The van der Waals surface area contributed by atoms with E-state index in [1.165, 1.54) is 5.56 Å². The quantitative estimate of drug-likeness (QED) is 0.601. The summed E-state index contributed by atoms with van der Waals surface area (Å²) in [6.45, 7) is 6.67. The number of aryl methyl sites for hydroxylation is 1. The van der Waals surface area contributed by atoms with E-state index < -0.39 is 0 Å². The summed E-state index contributed by atoms with van der Waals surface area (Å²) in [5.41, 5.74) is 1.93. The standard InChI is InChI=1S/C25H29N5O2/c1-3-32-22-12-8-7-11-20(22)24(31)30-16-25(17-30)15-29(13-19-9-5-4-6-10-19)14-21(25)23-27-26-18-28(23)2/h4-12,18,21H,3,13-17H2,1-2H3. The van der Waals surface area contributed by atoms with Crippen LogP contribution in [0.2, 0.25) is 0 Å². The van der Waals surface area contributed by atoms with Crippen LogP contribution in [0.4, 0.5) is 0 Å². The molecule has 32 heavy (non-hydrogen) atoms. The first-order chi connectivity index (χ1) is 15.6. The number of ether oxygens (including phenoxy) is 1. The van der Waals surface area contributed by atoms with Crippen LogP contribution < -0.4 is 4.74 Å². The number of aromatic nitrogens is 3. The Bertz CT molecular complexity index is 1090. The minimum Gasteiger partial charge on any atom is -0.493 e. The molecule has 0 radical (unpaired) electrons. The van der Waals surface area contributed by atoms with Crippen molar-refractivity contribution in [3.63, 3.8) is 0 Å². The molecule has 1 amide bonds. The molecule has 3 heterocycles. The van der Waals surface area contributed by atoms with Crippen LogP contribution in [0.1, 0.15) is 34.6 Å². The van der Waals surface area contributed by atoms with Gasteiger partial charge in [0.05, 0.1) is 12.2 Å². The first-order valence-electron chi connectivity index (χ1n) is 11.2. The fourth-order valence-electron chi connectivity index (χ4n) is 5.27. The van der Waals surface area contributed by atoms with Crippen molar-refractivity contribution in [3.05, 3.63) is 77.9 Å². The Labute approximate surface area is 188 Å². The van der Waals surface area contributed by atoms with Gasteiger partial charge in [-0.2, -0.15) is 0 Å². The van der Waals surface area contributed by atoms with Crippen LogP contribution in [0.5, 0.6) is 5.75 Å². The molecule has 7 heteroatoms. The van der Waals surface area contributed by atoms with Gasteiger partial charge in [-0.15, -0.1) is 10.2 Å². The van der Waals surface area contributed by atoms with Crippen molar-refractivity contribution in [2.24, 2.45) is 12.5 Å². The minimum absolute atomic E-state index is 0.00814. The molecule has 0 aliphatic carbocycles. The molecule has 5 rings (SSSR count). The summed E-state index contributed by atoms with van der Waals surface area (Å²) in [6, 6.07) is 18.1. The van der Waals surface area contributed by atoms with Crippen molar-refractivity contribution in [2.75, 3.05) is 32.8 Å². The number of carbonyl (C=O) groups excluding carboxylic acids is 1. The van der Waals surface area contributed by atoms with Crippen LogP contribution in [0.25, 0.3) is 0 Å². The number of benzene rings is 2. The topological polar surface area (TPSA) is 63.5 Å². The molecule has 3 aromatic rings. The molecule has 2 fully saturated rings. The minimum atomic E-state index is -0.00814. The Morgan fingerprint density at radius 2 is 1.84 bits per heavy atom. The lowest BCUT2D eigenvalue weighted by atomic mass is 9.71. The van der Waals surface area contributed by atoms with Gasteiger partial charge in [0.15, 0.2) is 0 Å². The highest BCUT2D eigenvalue weighted by Crippen LogP contribution is 2.49. The predicted molar refractivity (Wildman–Crippen MR) is 121 cm³/mol. The second-order valence-electron chi connectivity index (χ2n) is 8.96. The zero-order valence-corrected chi connectivity index (χ0v) is 18.6. The van der Waals surface area contributed by atoms with Gasteiger partial charge < -0.3 is 14.2 Å². The Morgan fingerprint density at radius 3 is 2.56 bits per heavy atom. The van der Waals surface area contributed by atoms with Crippen molar-refractivity contribution in [1.29, 1.82) is 0 Å². The molecular weight excluding hydrogens is 402 g/mol. The van der Waals surface area contributed by atoms with Gasteiger partial charge in [0, 0.05) is 51.1 Å². The van der Waals surface area contributed by atoms with Gasteiger partial charge >= 0.3 is 0 Å². The number of hydrogen-bond acceptors (Lipinski definition) is 5. The maximum atomic E-state index is 13.3. The lowest BCUT2D eigenvalue weighted by molar-refractivity contribution is 0.00117. The molecule has 1 unspecified atom stereocenters. The molecule has 7 nitrogen and oxygen atoms in total. The number of carbonyl (C=O) groups is 1. The molecule has 2 aromatic carbocycles. The first-order valence-corrected chi connectivity index (χ1v) is 11.2. The van der Waals surface area contributed by atoms with E-state index in [4.69, 9.17) is 4.74 Å². The zero-order valence-electron chi connectivity index (χ0n) is 18.6. The lowest BCUT2D eigenvalue weighted by Gasteiger charge is -2.50. The normalized spacial score (nSPS) is 19.8. The van der Waals surface area contributed by atoms with E-state index in [2.05, 4.69) is 39.4 Å². The lowest BCUT2D eigenvalue weighted by Crippen LogP contribution is -2.61. The molecule has 0 saturated carbocycles. The fourth-order valence-corrected chi connectivity index (χ4v) is 5.27. The van der Waals surface area contributed by atoms with Gasteiger partial charge in [-0.1, -0.05) is 42.5 Å². The summed E-state index contributed by atoms with van der Waals surface area (Å²) in [5, 5.41) is 8.58. The highest BCUT2D eigenvalue weighted by Gasteiger charge is 2.57. The van der Waals surface area contributed by atoms with Gasteiger partial charge in [-0.3, -0.25) is 9.69 Å². The summed E-state index contributed by atoms with van der Waals surface area (Å²) in [4.78, 5) is 17.7. The predicted octanol–water partition coefficient (Wildman–Crippen LogP) is 2.96. The Kier molecular flexibility index (Phi) is 5.43. The Hall–Kier alpha value is -3.19.